The lowest BCUT2D eigenvalue weighted by molar-refractivity contribution is -0.138. The lowest BCUT2D eigenvalue weighted by atomic mass is 9.85. The highest BCUT2D eigenvalue weighted by Crippen LogP contribution is 2.47. The van der Waals surface area contributed by atoms with E-state index in [1.165, 1.54) is 25.3 Å². The van der Waals surface area contributed by atoms with Crippen LogP contribution < -0.4 is 4.74 Å². The molecule has 1 saturated carbocycles. The summed E-state index contributed by atoms with van der Waals surface area (Å²) in [6.07, 6.45) is -0.738. The molecule has 6 heteroatoms. The van der Waals surface area contributed by atoms with Gasteiger partial charge in [0, 0.05) is 0 Å². The number of alkyl halides is 3. The van der Waals surface area contributed by atoms with Crippen LogP contribution in [0.1, 0.15) is 36.8 Å². The second kappa shape index (κ2) is 5.29. The predicted octanol–water partition coefficient (Wildman–Crippen LogP) is 3.82. The third-order valence-electron chi connectivity index (χ3n) is 3.72. The van der Waals surface area contributed by atoms with Crippen molar-refractivity contribution in [3.05, 3.63) is 29.3 Å². The van der Waals surface area contributed by atoms with E-state index >= 15 is 0 Å². The maximum Gasteiger partial charge on any atom is 0.416 e. The number of hydrogen-bond acceptors (Lipinski definition) is 3. The summed E-state index contributed by atoms with van der Waals surface area (Å²) in [4.78, 5) is 14.3. The summed E-state index contributed by atoms with van der Waals surface area (Å²) < 4.78 is 44.6. The summed E-state index contributed by atoms with van der Waals surface area (Å²) in [6, 6.07) is 3.77. The molecule has 0 spiro atoms. The van der Waals surface area contributed by atoms with Gasteiger partial charge in [0.05, 0.1) is 18.2 Å². The molecule has 20 heavy (non-hydrogen) atoms. The molecule has 1 aromatic carbocycles. The average molecular weight is 285 g/mol. The van der Waals surface area contributed by atoms with E-state index in [4.69, 9.17) is 4.74 Å². The zero-order chi connectivity index (χ0) is 14.8. The minimum atomic E-state index is -4.52. The largest absolute Gasteiger partial charge is 0.497 e. The fourth-order valence-corrected chi connectivity index (χ4v) is 2.78. The third-order valence-corrected chi connectivity index (χ3v) is 3.72. The molecule has 0 amide bonds. The van der Waals surface area contributed by atoms with Crippen LogP contribution in [-0.4, -0.2) is 13.2 Å². The highest BCUT2D eigenvalue weighted by Gasteiger charge is 2.43. The maximum absolute atomic E-state index is 13.2. The van der Waals surface area contributed by atoms with E-state index in [0.29, 0.717) is 12.8 Å². The summed E-state index contributed by atoms with van der Waals surface area (Å²) >= 11 is 0. The van der Waals surface area contributed by atoms with Crippen LogP contribution in [0, 0.1) is 0 Å². The molecule has 0 radical (unpaired) electrons. The maximum atomic E-state index is 13.2. The minimum Gasteiger partial charge on any atom is -0.497 e. The Morgan fingerprint density at radius 3 is 2.45 bits per heavy atom. The molecule has 0 saturated heterocycles. The standard InChI is InChI=1S/C14H14F3NO2/c1-20-10-4-5-11(12(8-10)14(15,16)17)13(18-9-19)6-2-3-7-13/h4-5,8H,2-3,6-7H2,1H3. The average Bonchev–Trinajstić information content (AvgIpc) is 2.87. The van der Waals surface area contributed by atoms with Crippen LogP contribution in [-0.2, 0) is 16.5 Å². The molecule has 2 rings (SSSR count). The molecular weight excluding hydrogens is 271 g/mol. The second-order valence-electron chi connectivity index (χ2n) is 4.85. The van der Waals surface area contributed by atoms with E-state index in [-0.39, 0.29) is 11.3 Å². The number of benzene rings is 1. The Kier molecular flexibility index (Phi) is 3.86. The Bertz CT molecular complexity index is 542. The Morgan fingerprint density at radius 1 is 1.30 bits per heavy atom. The van der Waals surface area contributed by atoms with Crippen LogP contribution in [0.5, 0.6) is 5.75 Å². The summed E-state index contributed by atoms with van der Waals surface area (Å²) in [6.45, 7) is 0. The molecule has 1 aromatic rings. The van der Waals surface area contributed by atoms with Crippen molar-refractivity contribution in [2.24, 2.45) is 4.99 Å². The van der Waals surface area contributed by atoms with Crippen molar-refractivity contribution in [2.45, 2.75) is 37.4 Å². The van der Waals surface area contributed by atoms with Gasteiger partial charge in [-0.25, -0.2) is 4.79 Å². The number of aliphatic imine (C=N–C) groups is 1. The molecule has 0 aromatic heterocycles. The molecule has 0 N–H and O–H groups in total. The molecule has 0 heterocycles. The van der Waals surface area contributed by atoms with Crippen molar-refractivity contribution in [1.82, 2.24) is 0 Å². The van der Waals surface area contributed by atoms with E-state index in [0.717, 1.165) is 18.9 Å². The van der Waals surface area contributed by atoms with Crippen molar-refractivity contribution in [2.75, 3.05) is 7.11 Å². The zero-order valence-corrected chi connectivity index (χ0v) is 11.0. The quantitative estimate of drug-likeness (QED) is 0.625. The number of rotatable bonds is 3. The summed E-state index contributed by atoms with van der Waals surface area (Å²) in [5, 5.41) is 0. The molecule has 0 bridgehead atoms. The normalized spacial score (nSPS) is 17.6. The first kappa shape index (κ1) is 14.6. The number of methoxy groups -OCH3 is 1. The van der Waals surface area contributed by atoms with Gasteiger partial charge >= 0.3 is 6.18 Å². The van der Waals surface area contributed by atoms with Gasteiger partial charge in [-0.1, -0.05) is 18.9 Å². The number of hydrogen-bond donors (Lipinski definition) is 0. The Balaban J connectivity index is 2.63. The SMILES string of the molecule is COc1ccc(C2(N=C=O)CCCC2)c(C(F)(F)F)c1. The van der Waals surface area contributed by atoms with Crippen molar-refractivity contribution in [3.8, 4) is 5.75 Å². The molecule has 0 aliphatic heterocycles. The Hall–Kier alpha value is -1.81. The lowest BCUT2D eigenvalue weighted by Crippen LogP contribution is -2.24. The Morgan fingerprint density at radius 2 is 1.95 bits per heavy atom. The summed E-state index contributed by atoms with van der Waals surface area (Å²) in [5.41, 5.74) is -1.86. The van der Waals surface area contributed by atoms with Gasteiger partial charge in [0.25, 0.3) is 0 Å². The molecule has 1 aliphatic rings. The highest BCUT2D eigenvalue weighted by atomic mass is 19.4. The molecule has 0 unspecified atom stereocenters. The van der Waals surface area contributed by atoms with E-state index in [9.17, 15) is 18.0 Å². The Labute approximate surface area is 114 Å². The van der Waals surface area contributed by atoms with Crippen molar-refractivity contribution in [3.63, 3.8) is 0 Å². The minimum absolute atomic E-state index is 0.0339. The van der Waals surface area contributed by atoms with Crippen molar-refractivity contribution in [1.29, 1.82) is 0 Å². The second-order valence-corrected chi connectivity index (χ2v) is 4.85. The van der Waals surface area contributed by atoms with Gasteiger partial charge in [-0.05, 0) is 30.5 Å². The molecule has 0 atom stereocenters. The van der Waals surface area contributed by atoms with Gasteiger partial charge in [-0.3, -0.25) is 0 Å². The third kappa shape index (κ3) is 2.56. The van der Waals surface area contributed by atoms with Crippen LogP contribution >= 0.6 is 0 Å². The lowest BCUT2D eigenvalue weighted by Gasteiger charge is -2.27. The van der Waals surface area contributed by atoms with Crippen LogP contribution in [0.3, 0.4) is 0 Å². The molecule has 3 nitrogen and oxygen atoms in total. The van der Waals surface area contributed by atoms with Crippen molar-refractivity contribution >= 4 is 6.08 Å². The topological polar surface area (TPSA) is 38.7 Å². The van der Waals surface area contributed by atoms with E-state index in [1.54, 1.807) is 0 Å². The monoisotopic (exact) mass is 285 g/mol. The molecule has 1 fully saturated rings. The summed E-state index contributed by atoms with van der Waals surface area (Å²) in [5.74, 6) is 0.129. The smallest absolute Gasteiger partial charge is 0.416 e. The first-order valence-corrected chi connectivity index (χ1v) is 6.28. The van der Waals surface area contributed by atoms with Gasteiger partial charge in [0.15, 0.2) is 0 Å². The zero-order valence-electron chi connectivity index (χ0n) is 11.0. The van der Waals surface area contributed by atoms with E-state index in [2.05, 4.69) is 4.99 Å². The van der Waals surface area contributed by atoms with Crippen LogP contribution in [0.2, 0.25) is 0 Å². The van der Waals surface area contributed by atoms with Crippen molar-refractivity contribution < 1.29 is 22.7 Å². The molecular formula is C14H14F3NO2. The highest BCUT2D eigenvalue weighted by molar-refractivity contribution is 5.45. The van der Waals surface area contributed by atoms with Crippen LogP contribution in [0.15, 0.2) is 23.2 Å². The number of halogens is 3. The first-order valence-electron chi connectivity index (χ1n) is 6.28. The van der Waals surface area contributed by atoms with E-state index < -0.39 is 17.3 Å². The van der Waals surface area contributed by atoms with Gasteiger partial charge in [-0.15, -0.1) is 0 Å². The van der Waals surface area contributed by atoms with Crippen LogP contribution in [0.25, 0.3) is 0 Å². The fraction of sp³-hybridized carbons (Fsp3) is 0.500. The molecule has 1 aliphatic carbocycles. The van der Waals surface area contributed by atoms with Gasteiger partial charge in [0.2, 0.25) is 6.08 Å². The van der Waals surface area contributed by atoms with Gasteiger partial charge in [0.1, 0.15) is 5.75 Å². The van der Waals surface area contributed by atoms with Gasteiger partial charge < -0.3 is 4.74 Å². The number of carbonyl (C=O) groups excluding carboxylic acids is 1. The van der Waals surface area contributed by atoms with E-state index in [1.807, 2.05) is 0 Å². The number of ether oxygens (including phenoxy) is 1. The summed E-state index contributed by atoms with van der Waals surface area (Å²) in [7, 11) is 1.31. The fourth-order valence-electron chi connectivity index (χ4n) is 2.78. The number of nitrogens with zero attached hydrogens (tertiary/aromatic N) is 1. The van der Waals surface area contributed by atoms with Crippen LogP contribution in [0.4, 0.5) is 13.2 Å². The van der Waals surface area contributed by atoms with Gasteiger partial charge in [-0.2, -0.15) is 18.2 Å². The predicted molar refractivity (Wildman–Crippen MR) is 66.3 cm³/mol. The first-order chi connectivity index (χ1) is 9.43. The number of isocyanates is 1. The molecule has 108 valence electrons.